The maximum Gasteiger partial charge on any atom is 0.307 e. The average molecular weight is 274 g/mol. The van der Waals surface area contributed by atoms with E-state index in [4.69, 9.17) is 4.42 Å². The minimum absolute atomic E-state index is 0.641. The molecular formula is C15H22N4O. The minimum atomic E-state index is 0.641. The van der Waals surface area contributed by atoms with E-state index in [1.165, 1.54) is 24.2 Å². The molecule has 0 aliphatic heterocycles. The Morgan fingerprint density at radius 2 is 2.20 bits per heavy atom. The number of aromatic nitrogens is 3. The standard InChI is InChI=1S/C15H22N4O/c1-11(2)7-16-8-12-9-20-15(18-12)19-10-17-13-5-3-4-6-14(13)19/h9-11,16H,3-8H2,1-2H3. The van der Waals surface area contributed by atoms with Gasteiger partial charge in [0.15, 0.2) is 0 Å². The van der Waals surface area contributed by atoms with Crippen LogP contribution in [-0.4, -0.2) is 21.1 Å². The fraction of sp³-hybridized carbons (Fsp3) is 0.600. The Balaban J connectivity index is 1.72. The molecule has 1 aliphatic rings. The SMILES string of the molecule is CC(C)CNCc1coc(-n2cnc3c2CCCC3)n1. The zero-order valence-corrected chi connectivity index (χ0v) is 12.2. The molecule has 2 aromatic rings. The highest BCUT2D eigenvalue weighted by Gasteiger charge is 2.18. The van der Waals surface area contributed by atoms with Crippen molar-refractivity contribution in [2.45, 2.75) is 46.1 Å². The lowest BCUT2D eigenvalue weighted by Gasteiger charge is -2.11. The van der Waals surface area contributed by atoms with Crippen molar-refractivity contribution in [2.24, 2.45) is 5.92 Å². The number of hydrogen-bond acceptors (Lipinski definition) is 4. The van der Waals surface area contributed by atoms with Crippen LogP contribution in [0.1, 0.15) is 43.8 Å². The Morgan fingerprint density at radius 1 is 1.35 bits per heavy atom. The van der Waals surface area contributed by atoms with E-state index in [2.05, 4.69) is 29.1 Å². The minimum Gasteiger partial charge on any atom is -0.431 e. The first kappa shape index (κ1) is 13.4. The van der Waals surface area contributed by atoms with Gasteiger partial charge in [-0.2, -0.15) is 4.98 Å². The summed E-state index contributed by atoms with van der Waals surface area (Å²) in [4.78, 5) is 9.03. The Kier molecular flexibility index (Phi) is 3.87. The van der Waals surface area contributed by atoms with E-state index >= 15 is 0 Å². The topological polar surface area (TPSA) is 55.9 Å². The lowest BCUT2D eigenvalue weighted by Crippen LogP contribution is -2.19. The van der Waals surface area contributed by atoms with Crippen LogP contribution >= 0.6 is 0 Å². The molecule has 0 radical (unpaired) electrons. The fourth-order valence-corrected chi connectivity index (χ4v) is 2.61. The van der Waals surface area contributed by atoms with Crippen molar-refractivity contribution in [2.75, 3.05) is 6.54 Å². The monoisotopic (exact) mass is 274 g/mol. The first-order valence-electron chi connectivity index (χ1n) is 7.44. The molecule has 0 unspecified atom stereocenters. The van der Waals surface area contributed by atoms with Crippen LogP contribution in [0.5, 0.6) is 0 Å². The number of aryl methyl sites for hydroxylation is 1. The second-order valence-electron chi connectivity index (χ2n) is 5.86. The zero-order valence-electron chi connectivity index (χ0n) is 12.2. The summed E-state index contributed by atoms with van der Waals surface area (Å²) in [5.41, 5.74) is 3.41. The second-order valence-corrected chi connectivity index (χ2v) is 5.86. The third kappa shape index (κ3) is 2.77. The van der Waals surface area contributed by atoms with Crippen LogP contribution in [0.25, 0.3) is 6.01 Å². The van der Waals surface area contributed by atoms with Gasteiger partial charge < -0.3 is 9.73 Å². The lowest BCUT2D eigenvalue weighted by molar-refractivity contribution is 0.514. The predicted molar refractivity (Wildman–Crippen MR) is 76.8 cm³/mol. The van der Waals surface area contributed by atoms with Gasteiger partial charge in [-0.1, -0.05) is 13.8 Å². The summed E-state index contributed by atoms with van der Waals surface area (Å²) in [6, 6.07) is 0.641. The molecule has 0 amide bonds. The molecule has 5 nitrogen and oxygen atoms in total. The van der Waals surface area contributed by atoms with Gasteiger partial charge in [-0.15, -0.1) is 0 Å². The molecule has 0 aromatic carbocycles. The summed E-state index contributed by atoms with van der Waals surface area (Å²) in [7, 11) is 0. The van der Waals surface area contributed by atoms with Gasteiger partial charge in [-0.05, 0) is 38.1 Å². The molecule has 20 heavy (non-hydrogen) atoms. The third-order valence-corrected chi connectivity index (χ3v) is 3.63. The van der Waals surface area contributed by atoms with Crippen molar-refractivity contribution in [1.29, 1.82) is 0 Å². The van der Waals surface area contributed by atoms with E-state index in [0.29, 0.717) is 11.9 Å². The molecule has 5 heteroatoms. The molecule has 0 atom stereocenters. The van der Waals surface area contributed by atoms with Gasteiger partial charge in [0.05, 0.1) is 17.1 Å². The van der Waals surface area contributed by atoms with Crippen LogP contribution in [0.4, 0.5) is 0 Å². The van der Waals surface area contributed by atoms with Crippen LogP contribution in [0.15, 0.2) is 17.0 Å². The van der Waals surface area contributed by atoms with E-state index < -0.39 is 0 Å². The van der Waals surface area contributed by atoms with Crippen LogP contribution < -0.4 is 5.32 Å². The Hall–Kier alpha value is -1.62. The molecule has 2 aromatic heterocycles. The predicted octanol–water partition coefficient (Wildman–Crippen LogP) is 2.48. The molecule has 2 heterocycles. The number of rotatable bonds is 5. The maximum atomic E-state index is 5.60. The third-order valence-electron chi connectivity index (χ3n) is 3.63. The van der Waals surface area contributed by atoms with E-state index in [-0.39, 0.29) is 0 Å². The van der Waals surface area contributed by atoms with Gasteiger partial charge in [-0.3, -0.25) is 4.57 Å². The van der Waals surface area contributed by atoms with Crippen molar-refractivity contribution in [3.63, 3.8) is 0 Å². The summed E-state index contributed by atoms with van der Waals surface area (Å²) >= 11 is 0. The van der Waals surface area contributed by atoms with Crippen LogP contribution in [0.3, 0.4) is 0 Å². The number of nitrogens with one attached hydrogen (secondary N) is 1. The Morgan fingerprint density at radius 3 is 3.05 bits per heavy atom. The van der Waals surface area contributed by atoms with E-state index in [9.17, 15) is 0 Å². The van der Waals surface area contributed by atoms with Gasteiger partial charge in [0.1, 0.15) is 12.6 Å². The van der Waals surface area contributed by atoms with Gasteiger partial charge in [-0.25, -0.2) is 4.98 Å². The van der Waals surface area contributed by atoms with E-state index in [0.717, 1.165) is 31.6 Å². The van der Waals surface area contributed by atoms with Gasteiger partial charge in [0.2, 0.25) is 0 Å². The fourth-order valence-electron chi connectivity index (χ4n) is 2.61. The highest BCUT2D eigenvalue weighted by molar-refractivity contribution is 5.24. The van der Waals surface area contributed by atoms with Gasteiger partial charge in [0.25, 0.3) is 0 Å². The molecule has 0 bridgehead atoms. The Labute approximate surface area is 119 Å². The second kappa shape index (κ2) is 5.79. The van der Waals surface area contributed by atoms with Crippen LogP contribution in [0, 0.1) is 5.92 Å². The number of imidazole rings is 1. The largest absolute Gasteiger partial charge is 0.431 e. The summed E-state index contributed by atoms with van der Waals surface area (Å²) in [5, 5.41) is 3.37. The van der Waals surface area contributed by atoms with Gasteiger partial charge >= 0.3 is 6.01 Å². The smallest absolute Gasteiger partial charge is 0.307 e. The first-order valence-corrected chi connectivity index (χ1v) is 7.44. The summed E-state index contributed by atoms with van der Waals surface area (Å²) in [6.45, 7) is 6.12. The maximum absolute atomic E-state index is 5.60. The molecule has 1 aliphatic carbocycles. The summed E-state index contributed by atoms with van der Waals surface area (Å²) in [6.07, 6.45) is 8.18. The molecular weight excluding hydrogens is 252 g/mol. The normalized spacial score (nSPS) is 14.8. The molecule has 0 fully saturated rings. The van der Waals surface area contributed by atoms with Crippen molar-refractivity contribution in [3.05, 3.63) is 29.7 Å². The Bertz CT molecular complexity index is 570. The lowest BCUT2D eigenvalue weighted by atomic mass is 10.0. The molecule has 0 saturated carbocycles. The van der Waals surface area contributed by atoms with Gasteiger partial charge in [0, 0.05) is 6.54 Å². The van der Waals surface area contributed by atoms with Crippen molar-refractivity contribution < 1.29 is 4.42 Å². The van der Waals surface area contributed by atoms with Crippen molar-refractivity contribution in [3.8, 4) is 6.01 Å². The highest BCUT2D eigenvalue weighted by atomic mass is 16.4. The zero-order chi connectivity index (χ0) is 13.9. The molecule has 0 spiro atoms. The van der Waals surface area contributed by atoms with E-state index in [1.54, 1.807) is 6.26 Å². The van der Waals surface area contributed by atoms with Crippen molar-refractivity contribution in [1.82, 2.24) is 19.9 Å². The molecule has 1 N–H and O–H groups in total. The van der Waals surface area contributed by atoms with Crippen LogP contribution in [0.2, 0.25) is 0 Å². The number of nitrogens with zero attached hydrogens (tertiary/aromatic N) is 3. The summed E-state index contributed by atoms with van der Waals surface area (Å²) < 4.78 is 7.60. The van der Waals surface area contributed by atoms with Crippen LogP contribution in [-0.2, 0) is 19.4 Å². The molecule has 0 saturated heterocycles. The quantitative estimate of drug-likeness (QED) is 0.910. The van der Waals surface area contributed by atoms with E-state index in [1.807, 2.05) is 10.9 Å². The molecule has 3 rings (SSSR count). The summed E-state index contributed by atoms with van der Waals surface area (Å²) in [5.74, 6) is 0.641. The number of oxazole rings is 1. The highest BCUT2D eigenvalue weighted by Crippen LogP contribution is 2.22. The van der Waals surface area contributed by atoms with Crippen molar-refractivity contribution >= 4 is 0 Å². The number of fused-ring (bicyclic) bond motifs is 1. The molecule has 108 valence electrons. The number of hydrogen-bond donors (Lipinski definition) is 1. The first-order chi connectivity index (χ1) is 9.74. The average Bonchev–Trinajstić information content (AvgIpc) is 3.04.